The molecule has 0 bridgehead atoms. The Morgan fingerprint density at radius 3 is 2.85 bits per heavy atom. The van der Waals surface area contributed by atoms with E-state index in [0.29, 0.717) is 12.1 Å². The van der Waals surface area contributed by atoms with Gasteiger partial charge in [0, 0.05) is 36.5 Å². The number of carbonyl (C=O) groups is 1. The first-order valence-electron chi connectivity index (χ1n) is 8.38. The number of aromatic nitrogens is 2. The first-order chi connectivity index (χ1) is 12.6. The van der Waals surface area contributed by atoms with Crippen LogP contribution < -0.4 is 10.1 Å². The third kappa shape index (κ3) is 2.69. The lowest BCUT2D eigenvalue weighted by atomic mass is 9.83. The smallest absolute Gasteiger partial charge is 0.225 e. The van der Waals surface area contributed by atoms with Gasteiger partial charge in [-0.1, -0.05) is 0 Å². The number of rotatable bonds is 3. The number of anilines is 1. The molecule has 0 saturated heterocycles. The number of carbonyl (C=O) groups excluding carboxylic acids is 1. The molecule has 6 heteroatoms. The number of aryl methyl sites for hydroxylation is 1. The molecule has 1 atom stereocenters. The fourth-order valence-electron chi connectivity index (χ4n) is 3.45. The van der Waals surface area contributed by atoms with E-state index in [1.54, 1.807) is 24.1 Å². The predicted molar refractivity (Wildman–Crippen MR) is 98.0 cm³/mol. The number of nitrogens with one attached hydrogen (secondary N) is 1. The lowest BCUT2D eigenvalue weighted by Gasteiger charge is -2.28. The van der Waals surface area contributed by atoms with Crippen LogP contribution in [0.4, 0.5) is 5.69 Å². The first-order valence-corrected chi connectivity index (χ1v) is 8.38. The second-order valence-electron chi connectivity index (χ2n) is 6.41. The Labute approximate surface area is 151 Å². The summed E-state index contributed by atoms with van der Waals surface area (Å²) in [7, 11) is 1.62. The molecule has 2 aromatic carbocycles. The van der Waals surface area contributed by atoms with Crippen LogP contribution in [0.2, 0.25) is 0 Å². The monoisotopic (exact) mass is 349 g/mol. The first kappa shape index (κ1) is 16.2. The third-order valence-electron chi connectivity index (χ3n) is 4.77. The molecule has 0 aliphatic carbocycles. The molecule has 0 spiro atoms. The highest BCUT2D eigenvalue weighted by atomic mass is 16.5. The molecule has 0 unspecified atom stereocenters. The highest BCUT2D eigenvalue weighted by molar-refractivity contribution is 5.96. The minimum Gasteiger partial charge on any atom is -0.508 e. The Morgan fingerprint density at radius 2 is 2.12 bits per heavy atom. The van der Waals surface area contributed by atoms with Gasteiger partial charge in [0.15, 0.2) is 0 Å². The van der Waals surface area contributed by atoms with E-state index in [-0.39, 0.29) is 17.6 Å². The molecule has 6 nitrogen and oxygen atoms in total. The lowest BCUT2D eigenvalue weighted by Crippen LogP contribution is -2.24. The molecular weight excluding hydrogens is 330 g/mol. The van der Waals surface area contributed by atoms with E-state index < -0.39 is 0 Å². The number of nitrogens with zero attached hydrogens (tertiary/aromatic N) is 2. The molecule has 1 amide bonds. The zero-order valence-corrected chi connectivity index (χ0v) is 14.6. The lowest BCUT2D eigenvalue weighted by molar-refractivity contribution is -0.116. The molecule has 1 aliphatic heterocycles. The Bertz CT molecular complexity index is 980. The number of phenolic OH excluding ortho intramolecular Hbond substituents is 1. The zero-order chi connectivity index (χ0) is 18.3. The summed E-state index contributed by atoms with van der Waals surface area (Å²) in [5.74, 6) is 0.647. The van der Waals surface area contributed by atoms with Crippen molar-refractivity contribution in [1.29, 1.82) is 0 Å². The fourth-order valence-corrected chi connectivity index (χ4v) is 3.45. The van der Waals surface area contributed by atoms with Crippen LogP contribution in [0.15, 0.2) is 48.8 Å². The van der Waals surface area contributed by atoms with E-state index in [1.807, 2.05) is 43.5 Å². The molecule has 1 aliphatic rings. The van der Waals surface area contributed by atoms with Crippen molar-refractivity contribution in [2.75, 3.05) is 12.4 Å². The van der Waals surface area contributed by atoms with Crippen molar-refractivity contribution in [2.45, 2.75) is 19.3 Å². The summed E-state index contributed by atoms with van der Waals surface area (Å²) in [6.07, 6.45) is 3.91. The van der Waals surface area contributed by atoms with Gasteiger partial charge in [-0.3, -0.25) is 4.79 Å². The van der Waals surface area contributed by atoms with Crippen molar-refractivity contribution in [1.82, 2.24) is 9.78 Å². The highest BCUT2D eigenvalue weighted by Gasteiger charge is 2.30. The van der Waals surface area contributed by atoms with E-state index >= 15 is 0 Å². The van der Waals surface area contributed by atoms with Crippen molar-refractivity contribution in [3.8, 4) is 17.2 Å². The maximum atomic E-state index is 12.3. The number of fused-ring (bicyclic) bond motifs is 1. The minimum atomic E-state index is -0.160. The van der Waals surface area contributed by atoms with Crippen LogP contribution >= 0.6 is 0 Å². The van der Waals surface area contributed by atoms with Crippen LogP contribution in [0.3, 0.4) is 0 Å². The van der Waals surface area contributed by atoms with Crippen molar-refractivity contribution < 1.29 is 14.6 Å². The van der Waals surface area contributed by atoms with Crippen molar-refractivity contribution in [3.63, 3.8) is 0 Å². The van der Waals surface area contributed by atoms with Gasteiger partial charge in [-0.15, -0.1) is 0 Å². The number of hydrogen-bond acceptors (Lipinski definition) is 4. The second kappa shape index (κ2) is 6.22. The second-order valence-corrected chi connectivity index (χ2v) is 6.41. The highest BCUT2D eigenvalue weighted by Crippen LogP contribution is 2.42. The average Bonchev–Trinajstić information content (AvgIpc) is 3.16. The van der Waals surface area contributed by atoms with Crippen LogP contribution in [0.5, 0.6) is 11.5 Å². The van der Waals surface area contributed by atoms with Crippen molar-refractivity contribution in [3.05, 3.63) is 65.5 Å². The van der Waals surface area contributed by atoms with Crippen LogP contribution in [-0.4, -0.2) is 27.9 Å². The van der Waals surface area contributed by atoms with Crippen molar-refractivity contribution >= 4 is 11.6 Å². The van der Waals surface area contributed by atoms with E-state index in [1.165, 1.54) is 0 Å². The molecule has 0 radical (unpaired) electrons. The maximum Gasteiger partial charge on any atom is 0.225 e. The van der Waals surface area contributed by atoms with Crippen molar-refractivity contribution in [2.24, 2.45) is 0 Å². The maximum absolute atomic E-state index is 12.3. The van der Waals surface area contributed by atoms with Gasteiger partial charge in [-0.25, -0.2) is 4.68 Å². The van der Waals surface area contributed by atoms with E-state index in [2.05, 4.69) is 10.4 Å². The number of hydrogen-bond donors (Lipinski definition) is 2. The molecule has 2 heterocycles. The number of amides is 1. The van der Waals surface area contributed by atoms with Gasteiger partial charge in [-0.05, 0) is 53.9 Å². The van der Waals surface area contributed by atoms with Crippen LogP contribution in [0.1, 0.15) is 29.0 Å². The summed E-state index contributed by atoms with van der Waals surface area (Å²) >= 11 is 0. The quantitative estimate of drug-likeness (QED) is 0.760. The van der Waals surface area contributed by atoms with Gasteiger partial charge in [0.1, 0.15) is 11.5 Å². The summed E-state index contributed by atoms with van der Waals surface area (Å²) in [5, 5.41) is 17.2. The number of methoxy groups -OCH3 is 1. The van der Waals surface area contributed by atoms with Crippen LogP contribution in [0.25, 0.3) is 5.69 Å². The van der Waals surface area contributed by atoms with Gasteiger partial charge >= 0.3 is 0 Å². The van der Waals surface area contributed by atoms with Crippen LogP contribution in [-0.2, 0) is 4.79 Å². The fraction of sp³-hybridized carbons (Fsp3) is 0.200. The zero-order valence-electron chi connectivity index (χ0n) is 14.6. The third-order valence-corrected chi connectivity index (χ3v) is 4.77. The number of benzene rings is 2. The molecule has 0 saturated carbocycles. The minimum absolute atomic E-state index is 0.0833. The van der Waals surface area contributed by atoms with Gasteiger partial charge in [0.05, 0.1) is 12.8 Å². The summed E-state index contributed by atoms with van der Waals surface area (Å²) in [5.41, 5.74) is 4.24. The molecule has 132 valence electrons. The topological polar surface area (TPSA) is 76.4 Å². The molecular formula is C20H19N3O3. The average molecular weight is 349 g/mol. The SMILES string of the molecule is COc1ccc(-n2cccn2)c([C@H]2CC(=O)Nc3cc(O)c(C)cc32)c1. The van der Waals surface area contributed by atoms with Crippen LogP contribution in [0, 0.1) is 6.92 Å². The Hall–Kier alpha value is -3.28. The molecule has 4 rings (SSSR count). The molecule has 1 aromatic heterocycles. The van der Waals surface area contributed by atoms with Gasteiger partial charge in [-0.2, -0.15) is 5.10 Å². The standard InChI is InChI=1S/C20H19N3O3/c1-12-8-15-14(10-20(25)22-17(15)11-19(12)24)16-9-13(26-2)4-5-18(16)23-7-3-6-21-23/h3-9,11,14,24H,10H2,1-2H3,(H,22,25)/t14-/m0/s1. The van der Waals surface area contributed by atoms with Gasteiger partial charge < -0.3 is 15.2 Å². The summed E-state index contributed by atoms with van der Waals surface area (Å²) < 4.78 is 7.19. The van der Waals surface area contributed by atoms with E-state index in [9.17, 15) is 9.90 Å². The Balaban J connectivity index is 1.93. The number of phenols is 1. The predicted octanol–water partition coefficient (Wildman–Crippen LogP) is 3.37. The molecule has 0 fully saturated rings. The normalized spacial score (nSPS) is 16.1. The molecule has 3 aromatic rings. The number of aromatic hydroxyl groups is 1. The Kier molecular flexibility index (Phi) is 3.88. The van der Waals surface area contributed by atoms with Gasteiger partial charge in [0.25, 0.3) is 0 Å². The molecule has 26 heavy (non-hydrogen) atoms. The number of ether oxygens (including phenoxy) is 1. The summed E-state index contributed by atoms with van der Waals surface area (Å²) in [4.78, 5) is 12.3. The largest absolute Gasteiger partial charge is 0.508 e. The van der Waals surface area contributed by atoms with E-state index in [4.69, 9.17) is 4.74 Å². The summed E-state index contributed by atoms with van der Waals surface area (Å²) in [6, 6.07) is 11.2. The Morgan fingerprint density at radius 1 is 1.27 bits per heavy atom. The molecule has 2 N–H and O–H groups in total. The van der Waals surface area contributed by atoms with E-state index in [0.717, 1.165) is 28.1 Å². The summed E-state index contributed by atoms with van der Waals surface area (Å²) in [6.45, 7) is 1.85. The van der Waals surface area contributed by atoms with Gasteiger partial charge in [0.2, 0.25) is 5.91 Å².